The van der Waals surface area contributed by atoms with Gasteiger partial charge in [-0.05, 0) is 52.6 Å². The van der Waals surface area contributed by atoms with Crippen molar-refractivity contribution in [3.8, 4) is 0 Å². The number of hydrogen-bond donors (Lipinski definition) is 0. The van der Waals surface area contributed by atoms with Crippen LogP contribution in [0.4, 0.5) is 4.39 Å². The van der Waals surface area contributed by atoms with E-state index in [1.807, 2.05) is 4.68 Å². The first-order valence-electron chi connectivity index (χ1n) is 10.6. The third-order valence-corrected chi connectivity index (χ3v) is 5.61. The summed E-state index contributed by atoms with van der Waals surface area (Å²) in [4.78, 5) is 16.6. The van der Waals surface area contributed by atoms with Gasteiger partial charge in [0.05, 0.1) is 12.3 Å². The van der Waals surface area contributed by atoms with E-state index in [4.69, 9.17) is 4.42 Å². The van der Waals surface area contributed by atoms with Crippen molar-refractivity contribution in [1.82, 2.24) is 30.0 Å². The Labute approximate surface area is 180 Å². The first-order chi connectivity index (χ1) is 15.0. The number of amides is 1. The Hall–Kier alpha value is -3.07. The Morgan fingerprint density at radius 1 is 1.13 bits per heavy atom. The van der Waals surface area contributed by atoms with Gasteiger partial charge in [0.25, 0.3) is 5.91 Å². The van der Waals surface area contributed by atoms with Crippen molar-refractivity contribution in [2.45, 2.75) is 32.9 Å². The number of rotatable bonds is 7. The number of halogens is 1. The highest BCUT2D eigenvalue weighted by Gasteiger charge is 2.32. The predicted molar refractivity (Wildman–Crippen MR) is 112 cm³/mol. The van der Waals surface area contributed by atoms with E-state index in [1.54, 1.807) is 29.2 Å². The number of nitrogens with zero attached hydrogens (tertiary/aromatic N) is 6. The summed E-state index contributed by atoms with van der Waals surface area (Å²) in [5, 5.41) is 12.5. The molecule has 164 valence electrons. The van der Waals surface area contributed by atoms with E-state index in [1.165, 1.54) is 18.4 Å². The zero-order chi connectivity index (χ0) is 21.8. The average Bonchev–Trinajstić information content (AvgIpc) is 3.46. The summed E-state index contributed by atoms with van der Waals surface area (Å²) in [7, 11) is 0. The second kappa shape index (κ2) is 9.38. The third-order valence-electron chi connectivity index (χ3n) is 5.61. The van der Waals surface area contributed by atoms with Crippen molar-refractivity contribution in [3.63, 3.8) is 0 Å². The molecule has 1 fully saturated rings. The summed E-state index contributed by atoms with van der Waals surface area (Å²) >= 11 is 0. The van der Waals surface area contributed by atoms with Crippen LogP contribution in [0.1, 0.15) is 48.3 Å². The highest BCUT2D eigenvalue weighted by Crippen LogP contribution is 2.29. The van der Waals surface area contributed by atoms with Gasteiger partial charge in [-0.1, -0.05) is 26.0 Å². The molecule has 2 aromatic heterocycles. The lowest BCUT2D eigenvalue weighted by molar-refractivity contribution is 0.0559. The molecule has 4 rings (SSSR count). The van der Waals surface area contributed by atoms with Crippen LogP contribution in [0, 0.1) is 11.7 Å². The maximum absolute atomic E-state index is 13.6. The molecule has 0 aliphatic carbocycles. The second-order valence-electron chi connectivity index (χ2n) is 8.20. The lowest BCUT2D eigenvalue weighted by atomic mass is 10.0. The van der Waals surface area contributed by atoms with Crippen molar-refractivity contribution >= 4 is 5.91 Å². The van der Waals surface area contributed by atoms with Gasteiger partial charge in [0.2, 0.25) is 0 Å². The minimum atomic E-state index is -0.282. The van der Waals surface area contributed by atoms with Crippen LogP contribution >= 0.6 is 0 Å². The van der Waals surface area contributed by atoms with Gasteiger partial charge in [-0.15, -0.1) is 5.10 Å². The number of piperazine rings is 1. The van der Waals surface area contributed by atoms with Crippen molar-refractivity contribution in [1.29, 1.82) is 0 Å². The number of benzene rings is 1. The molecule has 1 saturated heterocycles. The fourth-order valence-corrected chi connectivity index (χ4v) is 3.85. The molecule has 0 saturated carbocycles. The van der Waals surface area contributed by atoms with E-state index in [0.29, 0.717) is 44.4 Å². The monoisotopic (exact) mass is 426 g/mol. The van der Waals surface area contributed by atoms with Crippen molar-refractivity contribution < 1.29 is 13.6 Å². The van der Waals surface area contributed by atoms with Crippen molar-refractivity contribution in [3.05, 3.63) is 65.6 Å². The third kappa shape index (κ3) is 4.82. The van der Waals surface area contributed by atoms with E-state index >= 15 is 0 Å². The molecule has 1 aromatic carbocycles. The number of furan rings is 1. The first-order valence-corrected chi connectivity index (χ1v) is 10.6. The maximum Gasteiger partial charge on any atom is 0.289 e. The molecular formula is C22H27FN6O2. The minimum absolute atomic E-state index is 0.107. The molecule has 1 aliphatic rings. The lowest BCUT2D eigenvalue weighted by Crippen LogP contribution is -2.50. The smallest absolute Gasteiger partial charge is 0.289 e. The molecule has 1 aliphatic heterocycles. The van der Waals surface area contributed by atoms with Crippen LogP contribution < -0.4 is 0 Å². The van der Waals surface area contributed by atoms with Gasteiger partial charge in [0.1, 0.15) is 5.82 Å². The Morgan fingerprint density at radius 2 is 1.87 bits per heavy atom. The molecular weight excluding hydrogens is 399 g/mol. The molecule has 0 radical (unpaired) electrons. The van der Waals surface area contributed by atoms with Crippen LogP contribution in [0.5, 0.6) is 0 Å². The van der Waals surface area contributed by atoms with Gasteiger partial charge in [-0.25, -0.2) is 9.07 Å². The molecule has 8 nitrogen and oxygen atoms in total. The summed E-state index contributed by atoms with van der Waals surface area (Å²) < 4.78 is 20.7. The van der Waals surface area contributed by atoms with Crippen molar-refractivity contribution in [2.24, 2.45) is 5.92 Å². The van der Waals surface area contributed by atoms with Gasteiger partial charge < -0.3 is 9.32 Å². The molecule has 3 heterocycles. The summed E-state index contributed by atoms with van der Waals surface area (Å²) in [5.41, 5.74) is 0.924. The number of aryl methyl sites for hydroxylation is 1. The first kappa shape index (κ1) is 21.2. The van der Waals surface area contributed by atoms with E-state index in [-0.39, 0.29) is 17.8 Å². The summed E-state index contributed by atoms with van der Waals surface area (Å²) in [6, 6.07) is 9.65. The van der Waals surface area contributed by atoms with E-state index in [9.17, 15) is 9.18 Å². The number of hydrogen-bond acceptors (Lipinski definition) is 6. The SMILES string of the molecule is CC(C)CCn1nnnc1[C@H](c1ccc(F)cc1)N1CCN(C(=O)c2ccco2)CC1. The van der Waals surface area contributed by atoms with E-state index in [2.05, 4.69) is 34.3 Å². The van der Waals surface area contributed by atoms with Gasteiger partial charge in [0.15, 0.2) is 11.6 Å². The quantitative estimate of drug-likeness (QED) is 0.578. The van der Waals surface area contributed by atoms with E-state index in [0.717, 1.165) is 17.8 Å². The molecule has 1 amide bonds. The zero-order valence-electron chi connectivity index (χ0n) is 17.8. The molecule has 0 N–H and O–H groups in total. The van der Waals surface area contributed by atoms with Crippen LogP contribution in [-0.4, -0.2) is 62.1 Å². The lowest BCUT2D eigenvalue weighted by Gasteiger charge is -2.38. The Kier molecular flexibility index (Phi) is 6.41. The summed E-state index contributed by atoms with van der Waals surface area (Å²) in [6.45, 7) is 7.45. The number of tetrazole rings is 1. The molecule has 9 heteroatoms. The van der Waals surface area contributed by atoms with Crippen LogP contribution in [0.2, 0.25) is 0 Å². The highest BCUT2D eigenvalue weighted by molar-refractivity contribution is 5.91. The molecule has 3 aromatic rings. The summed E-state index contributed by atoms with van der Waals surface area (Å²) in [6.07, 6.45) is 2.46. The largest absolute Gasteiger partial charge is 0.459 e. The second-order valence-corrected chi connectivity index (χ2v) is 8.20. The van der Waals surface area contributed by atoms with Gasteiger partial charge in [0, 0.05) is 32.7 Å². The van der Waals surface area contributed by atoms with Crippen LogP contribution in [0.25, 0.3) is 0 Å². The Balaban J connectivity index is 1.56. The predicted octanol–water partition coefficient (Wildman–Crippen LogP) is 3.00. The molecule has 0 spiro atoms. The Morgan fingerprint density at radius 3 is 2.52 bits per heavy atom. The standard InChI is InChI=1S/C22H27FN6O2/c1-16(2)9-10-29-21(24-25-26-29)20(17-5-7-18(23)8-6-17)27-11-13-28(14-12-27)22(30)19-4-3-15-31-19/h3-8,15-16,20H,9-14H2,1-2H3/t20-/m0/s1. The maximum atomic E-state index is 13.6. The van der Waals surface area contributed by atoms with E-state index < -0.39 is 0 Å². The van der Waals surface area contributed by atoms with Crippen LogP contribution in [-0.2, 0) is 6.54 Å². The summed E-state index contributed by atoms with van der Waals surface area (Å²) in [5.74, 6) is 1.22. The van der Waals surface area contributed by atoms with Crippen LogP contribution in [0.15, 0.2) is 47.1 Å². The topological polar surface area (TPSA) is 80.3 Å². The highest BCUT2D eigenvalue weighted by atomic mass is 19.1. The number of aromatic nitrogens is 4. The van der Waals surface area contributed by atoms with Crippen molar-refractivity contribution in [2.75, 3.05) is 26.2 Å². The fraction of sp³-hybridized carbons (Fsp3) is 0.455. The normalized spacial score (nSPS) is 16.1. The van der Waals surface area contributed by atoms with Gasteiger partial charge in [-0.3, -0.25) is 9.69 Å². The molecule has 0 unspecified atom stereocenters. The van der Waals surface area contributed by atoms with Gasteiger partial charge >= 0.3 is 0 Å². The molecule has 1 atom stereocenters. The average molecular weight is 426 g/mol. The van der Waals surface area contributed by atoms with Crippen LogP contribution in [0.3, 0.4) is 0 Å². The zero-order valence-corrected chi connectivity index (χ0v) is 17.8. The fourth-order valence-electron chi connectivity index (χ4n) is 3.85. The number of carbonyl (C=O) groups is 1. The Bertz CT molecular complexity index is 978. The minimum Gasteiger partial charge on any atom is -0.459 e. The van der Waals surface area contributed by atoms with Gasteiger partial charge in [-0.2, -0.15) is 0 Å². The number of carbonyl (C=O) groups excluding carboxylic acids is 1. The molecule has 0 bridgehead atoms. The molecule has 31 heavy (non-hydrogen) atoms.